The molecule has 1 aliphatic carbocycles. The van der Waals surface area contributed by atoms with Gasteiger partial charge in [0.15, 0.2) is 5.60 Å². The summed E-state index contributed by atoms with van der Waals surface area (Å²) in [6.45, 7) is 0. The molecule has 0 spiro atoms. The van der Waals surface area contributed by atoms with Crippen molar-refractivity contribution in [1.29, 1.82) is 0 Å². The molecular formula is C29H26N2O5. The zero-order valence-corrected chi connectivity index (χ0v) is 19.7. The number of rotatable bonds is 6. The molecule has 0 unspecified atom stereocenters. The van der Waals surface area contributed by atoms with Crippen molar-refractivity contribution < 1.29 is 23.9 Å². The highest BCUT2D eigenvalue weighted by atomic mass is 16.6. The lowest BCUT2D eigenvalue weighted by molar-refractivity contribution is -0.169. The van der Waals surface area contributed by atoms with Crippen LogP contribution in [0.15, 0.2) is 78.9 Å². The van der Waals surface area contributed by atoms with Crippen molar-refractivity contribution in [3.05, 3.63) is 95.6 Å². The largest absolute Gasteiger partial charge is 0.449 e. The van der Waals surface area contributed by atoms with E-state index in [1.165, 1.54) is 0 Å². The first kappa shape index (κ1) is 23.5. The number of ether oxygens (including phenoxy) is 1. The molecule has 1 fully saturated rings. The second-order valence-electron chi connectivity index (χ2n) is 9.18. The van der Waals surface area contributed by atoms with Gasteiger partial charge in [-0.3, -0.25) is 19.2 Å². The van der Waals surface area contributed by atoms with E-state index in [9.17, 15) is 19.2 Å². The van der Waals surface area contributed by atoms with Crippen molar-refractivity contribution in [2.24, 2.45) is 0 Å². The van der Waals surface area contributed by atoms with Gasteiger partial charge in [-0.25, -0.2) is 4.90 Å². The fourth-order valence-electron chi connectivity index (χ4n) is 4.88. The van der Waals surface area contributed by atoms with Gasteiger partial charge in [0.25, 0.3) is 17.7 Å². The molecule has 3 aromatic rings. The van der Waals surface area contributed by atoms with Crippen LogP contribution in [0.2, 0.25) is 0 Å². The highest BCUT2D eigenvalue weighted by Gasteiger charge is 2.43. The average Bonchev–Trinajstić information content (AvgIpc) is 3.15. The van der Waals surface area contributed by atoms with Crippen LogP contribution in [0.4, 0.5) is 11.4 Å². The summed E-state index contributed by atoms with van der Waals surface area (Å²) >= 11 is 0. The summed E-state index contributed by atoms with van der Waals surface area (Å²) in [7, 11) is 0. The maximum Gasteiger partial charge on any atom is 0.311 e. The van der Waals surface area contributed by atoms with E-state index in [2.05, 4.69) is 5.32 Å². The number of carbonyl (C=O) groups excluding carboxylic acids is 4. The SMILES string of the molecule is O=C(Cc1ccccc1)OC1(C(=O)Nc2ccc(N3C(=O)c4ccccc4C3=O)cc2)CCCCC1. The lowest BCUT2D eigenvalue weighted by atomic mass is 9.83. The van der Waals surface area contributed by atoms with Crippen molar-refractivity contribution in [2.75, 3.05) is 10.2 Å². The Morgan fingerprint density at radius 1 is 0.778 bits per heavy atom. The highest BCUT2D eigenvalue weighted by Crippen LogP contribution is 2.34. The summed E-state index contributed by atoms with van der Waals surface area (Å²) in [4.78, 5) is 52.7. The molecule has 36 heavy (non-hydrogen) atoms. The van der Waals surface area contributed by atoms with Crippen LogP contribution in [-0.4, -0.2) is 29.3 Å². The first-order valence-corrected chi connectivity index (χ1v) is 12.1. The molecule has 3 amide bonds. The minimum Gasteiger partial charge on any atom is -0.449 e. The smallest absolute Gasteiger partial charge is 0.311 e. The zero-order valence-electron chi connectivity index (χ0n) is 19.7. The average molecular weight is 483 g/mol. The van der Waals surface area contributed by atoms with Gasteiger partial charge in [0.2, 0.25) is 0 Å². The Balaban J connectivity index is 1.29. The van der Waals surface area contributed by atoms with Crippen molar-refractivity contribution in [3.8, 4) is 0 Å². The third-order valence-corrected chi connectivity index (χ3v) is 6.75. The number of imide groups is 1. The molecule has 1 saturated carbocycles. The molecule has 7 nitrogen and oxygen atoms in total. The third kappa shape index (κ3) is 4.52. The molecule has 182 valence electrons. The van der Waals surface area contributed by atoms with Gasteiger partial charge in [0.05, 0.1) is 23.2 Å². The standard InChI is InChI=1S/C29H26N2O5/c32-25(19-20-9-3-1-4-10-20)36-29(17-7-2-8-18-29)28(35)30-21-13-15-22(16-14-21)31-26(33)23-11-5-6-12-24(23)27(31)34/h1,3-6,9-16H,2,7-8,17-19H2,(H,30,35). The summed E-state index contributed by atoms with van der Waals surface area (Å²) in [5.41, 5.74) is 1.27. The number of amides is 3. The molecule has 1 N–H and O–H groups in total. The number of anilines is 2. The van der Waals surface area contributed by atoms with E-state index in [1.54, 1.807) is 48.5 Å². The van der Waals surface area contributed by atoms with E-state index in [0.717, 1.165) is 29.7 Å². The second-order valence-corrected chi connectivity index (χ2v) is 9.18. The van der Waals surface area contributed by atoms with Gasteiger partial charge in [-0.1, -0.05) is 48.9 Å². The van der Waals surface area contributed by atoms with Gasteiger partial charge in [0, 0.05) is 5.69 Å². The number of esters is 1. The van der Waals surface area contributed by atoms with Crippen LogP contribution in [0, 0.1) is 0 Å². The maximum atomic E-state index is 13.4. The summed E-state index contributed by atoms with van der Waals surface area (Å²) in [6.07, 6.45) is 3.61. The third-order valence-electron chi connectivity index (χ3n) is 6.75. The van der Waals surface area contributed by atoms with Crippen molar-refractivity contribution in [1.82, 2.24) is 0 Å². The highest BCUT2D eigenvalue weighted by molar-refractivity contribution is 6.34. The molecule has 0 radical (unpaired) electrons. The summed E-state index contributed by atoms with van der Waals surface area (Å²) in [5, 5.41) is 2.87. The quantitative estimate of drug-likeness (QED) is 0.398. The van der Waals surface area contributed by atoms with Crippen molar-refractivity contribution in [2.45, 2.75) is 44.1 Å². The Morgan fingerprint density at radius 3 is 1.97 bits per heavy atom. The van der Waals surface area contributed by atoms with Crippen LogP contribution in [0.5, 0.6) is 0 Å². The molecule has 1 aliphatic heterocycles. The Hall–Kier alpha value is -4.26. The van der Waals surface area contributed by atoms with Crippen LogP contribution in [-0.2, 0) is 20.7 Å². The van der Waals surface area contributed by atoms with E-state index >= 15 is 0 Å². The van der Waals surface area contributed by atoms with E-state index in [4.69, 9.17) is 4.74 Å². The van der Waals surface area contributed by atoms with Crippen LogP contribution in [0.1, 0.15) is 58.4 Å². The molecule has 0 aromatic heterocycles. The Labute approximate surface area is 209 Å². The van der Waals surface area contributed by atoms with E-state index in [0.29, 0.717) is 35.3 Å². The summed E-state index contributed by atoms with van der Waals surface area (Å²) in [5.74, 6) is -1.55. The topological polar surface area (TPSA) is 92.8 Å². The molecule has 7 heteroatoms. The van der Waals surface area contributed by atoms with Crippen LogP contribution < -0.4 is 10.2 Å². The first-order valence-electron chi connectivity index (χ1n) is 12.1. The number of fused-ring (bicyclic) bond motifs is 1. The van der Waals surface area contributed by atoms with E-state index < -0.39 is 11.6 Å². The van der Waals surface area contributed by atoms with Gasteiger partial charge < -0.3 is 10.1 Å². The van der Waals surface area contributed by atoms with E-state index in [1.807, 2.05) is 30.3 Å². The Bertz CT molecular complexity index is 1280. The number of hydrogen-bond donors (Lipinski definition) is 1. The molecule has 1 heterocycles. The predicted octanol–water partition coefficient (Wildman–Crippen LogP) is 4.91. The van der Waals surface area contributed by atoms with Gasteiger partial charge in [0.1, 0.15) is 0 Å². The fraction of sp³-hybridized carbons (Fsp3) is 0.241. The minimum absolute atomic E-state index is 0.102. The van der Waals surface area contributed by atoms with Crippen LogP contribution >= 0.6 is 0 Å². The van der Waals surface area contributed by atoms with Crippen molar-refractivity contribution >= 4 is 35.1 Å². The van der Waals surface area contributed by atoms with Crippen molar-refractivity contribution in [3.63, 3.8) is 0 Å². The molecular weight excluding hydrogens is 456 g/mol. The van der Waals surface area contributed by atoms with Crippen LogP contribution in [0.25, 0.3) is 0 Å². The number of hydrogen-bond acceptors (Lipinski definition) is 5. The molecule has 0 bridgehead atoms. The minimum atomic E-state index is -1.22. The van der Waals surface area contributed by atoms with Gasteiger partial charge in [-0.15, -0.1) is 0 Å². The molecule has 2 aliphatic rings. The Morgan fingerprint density at radius 2 is 1.36 bits per heavy atom. The second kappa shape index (κ2) is 9.77. The molecule has 0 saturated heterocycles. The summed E-state index contributed by atoms with van der Waals surface area (Å²) < 4.78 is 5.84. The van der Waals surface area contributed by atoms with E-state index in [-0.39, 0.29) is 24.1 Å². The Kier molecular flexibility index (Phi) is 6.38. The first-order chi connectivity index (χ1) is 17.5. The number of nitrogens with zero attached hydrogens (tertiary/aromatic N) is 1. The van der Waals surface area contributed by atoms with Gasteiger partial charge in [-0.05, 0) is 67.6 Å². The fourth-order valence-corrected chi connectivity index (χ4v) is 4.88. The number of nitrogens with one attached hydrogen (secondary N) is 1. The number of carbonyl (C=O) groups is 4. The maximum absolute atomic E-state index is 13.4. The lowest BCUT2D eigenvalue weighted by Crippen LogP contribution is -2.48. The van der Waals surface area contributed by atoms with Gasteiger partial charge in [-0.2, -0.15) is 0 Å². The number of benzene rings is 3. The predicted molar refractivity (Wildman–Crippen MR) is 135 cm³/mol. The zero-order chi connectivity index (χ0) is 25.1. The van der Waals surface area contributed by atoms with Crippen LogP contribution in [0.3, 0.4) is 0 Å². The lowest BCUT2D eigenvalue weighted by Gasteiger charge is -2.35. The monoisotopic (exact) mass is 482 g/mol. The molecule has 0 atom stereocenters. The van der Waals surface area contributed by atoms with Gasteiger partial charge >= 0.3 is 5.97 Å². The molecule has 5 rings (SSSR count). The normalized spacial score (nSPS) is 16.4. The summed E-state index contributed by atoms with van der Waals surface area (Å²) in [6, 6.07) is 22.5. The molecule has 3 aromatic carbocycles.